The minimum atomic E-state index is 0.293. The van der Waals surface area contributed by atoms with Gasteiger partial charge in [-0.1, -0.05) is 26.2 Å². The molecule has 0 N–H and O–H groups in total. The van der Waals surface area contributed by atoms with Crippen LogP contribution in [0.15, 0.2) is 16.0 Å². The molecule has 0 aromatic carbocycles. The first-order chi connectivity index (χ1) is 7.29. The molecule has 15 heavy (non-hydrogen) atoms. The van der Waals surface area contributed by atoms with Gasteiger partial charge >= 0.3 is 0 Å². The van der Waals surface area contributed by atoms with Gasteiger partial charge in [-0.05, 0) is 30.2 Å². The van der Waals surface area contributed by atoms with Crippen molar-refractivity contribution in [2.24, 2.45) is 4.99 Å². The molecule has 0 bridgehead atoms. The minimum Gasteiger partial charge on any atom is -0.284 e. The summed E-state index contributed by atoms with van der Waals surface area (Å²) in [6, 6.07) is 0.580. The average Bonchev–Trinajstić information content (AvgIpc) is 2.61. The summed E-state index contributed by atoms with van der Waals surface area (Å²) >= 11 is 6.44. The lowest BCUT2D eigenvalue weighted by Crippen LogP contribution is -2.14. The van der Waals surface area contributed by atoms with Gasteiger partial charge in [0.05, 0.1) is 16.3 Å². The normalized spacial score (nSPS) is 30.9. The van der Waals surface area contributed by atoms with E-state index in [0.717, 1.165) is 6.42 Å². The second-order valence-corrected chi connectivity index (χ2v) is 6.38. The van der Waals surface area contributed by atoms with Crippen LogP contribution < -0.4 is 0 Å². The van der Waals surface area contributed by atoms with Crippen molar-refractivity contribution >= 4 is 30.1 Å². The van der Waals surface area contributed by atoms with Gasteiger partial charge in [-0.2, -0.15) is 12.6 Å². The summed E-state index contributed by atoms with van der Waals surface area (Å²) < 4.78 is 0.293. The Bertz CT molecular complexity index is 277. The van der Waals surface area contributed by atoms with Crippen LogP contribution >= 0.6 is 24.4 Å². The molecule has 84 valence electrons. The summed E-state index contributed by atoms with van der Waals surface area (Å²) in [5.41, 5.74) is 1.21. The van der Waals surface area contributed by atoms with Crippen molar-refractivity contribution in [3.05, 3.63) is 11.0 Å². The van der Waals surface area contributed by atoms with Crippen LogP contribution in [0.25, 0.3) is 0 Å². The fourth-order valence-electron chi connectivity index (χ4n) is 2.18. The molecule has 1 aliphatic heterocycles. The number of hydrogen-bond acceptors (Lipinski definition) is 3. The predicted molar refractivity (Wildman–Crippen MR) is 73.0 cm³/mol. The lowest BCUT2D eigenvalue weighted by molar-refractivity contribution is 0.443. The third-order valence-electron chi connectivity index (χ3n) is 3.08. The maximum absolute atomic E-state index is 4.86. The van der Waals surface area contributed by atoms with Crippen molar-refractivity contribution in [3.8, 4) is 0 Å². The number of thiol groups is 1. The molecule has 0 aromatic heterocycles. The Morgan fingerprint density at radius 3 is 2.73 bits per heavy atom. The number of hydrogen-bond donors (Lipinski definition) is 1. The number of allylic oxidation sites excluding steroid dienone is 2. The minimum absolute atomic E-state index is 0.293. The van der Waals surface area contributed by atoms with Gasteiger partial charge in [0.15, 0.2) is 0 Å². The van der Waals surface area contributed by atoms with Crippen LogP contribution in [0.2, 0.25) is 0 Å². The van der Waals surface area contributed by atoms with Crippen LogP contribution in [0, 0.1) is 0 Å². The molecular formula is C12H19NS2. The molecule has 0 spiro atoms. The molecule has 1 fully saturated rings. The molecule has 0 radical (unpaired) electrons. The van der Waals surface area contributed by atoms with Gasteiger partial charge in [-0.3, -0.25) is 4.99 Å². The van der Waals surface area contributed by atoms with E-state index < -0.39 is 0 Å². The van der Waals surface area contributed by atoms with Crippen molar-refractivity contribution in [1.29, 1.82) is 0 Å². The van der Waals surface area contributed by atoms with Crippen LogP contribution in [-0.2, 0) is 0 Å². The maximum Gasteiger partial charge on any atom is 0.0933 e. The highest BCUT2D eigenvalue weighted by molar-refractivity contribution is 8.14. The third kappa shape index (κ3) is 3.04. The van der Waals surface area contributed by atoms with Gasteiger partial charge in [0, 0.05) is 0 Å². The van der Waals surface area contributed by atoms with E-state index >= 15 is 0 Å². The van der Waals surface area contributed by atoms with Crippen molar-refractivity contribution in [2.45, 2.75) is 56.1 Å². The Labute approximate surface area is 102 Å². The molecule has 2 rings (SSSR count). The molecule has 3 heteroatoms. The largest absolute Gasteiger partial charge is 0.284 e. The number of aliphatic imine (C=N–C) groups is 1. The first-order valence-electron chi connectivity index (χ1n) is 5.92. The van der Waals surface area contributed by atoms with Gasteiger partial charge in [0.2, 0.25) is 0 Å². The maximum atomic E-state index is 4.86. The van der Waals surface area contributed by atoms with Crippen LogP contribution in [0.3, 0.4) is 0 Å². The van der Waals surface area contributed by atoms with E-state index in [1.165, 1.54) is 42.7 Å². The highest BCUT2D eigenvalue weighted by atomic mass is 32.2. The van der Waals surface area contributed by atoms with E-state index in [0.29, 0.717) is 10.6 Å². The van der Waals surface area contributed by atoms with Crippen molar-refractivity contribution < 1.29 is 0 Å². The van der Waals surface area contributed by atoms with Crippen LogP contribution in [0.5, 0.6) is 0 Å². The first-order valence-corrected chi connectivity index (χ1v) is 7.32. The van der Waals surface area contributed by atoms with E-state index in [1.807, 2.05) is 11.8 Å². The second kappa shape index (κ2) is 5.44. The molecule has 1 atom stereocenters. The summed E-state index contributed by atoms with van der Waals surface area (Å²) in [5, 5.41) is 0. The summed E-state index contributed by atoms with van der Waals surface area (Å²) in [7, 11) is 0. The van der Waals surface area contributed by atoms with Gasteiger partial charge < -0.3 is 0 Å². The molecule has 1 nitrogen and oxygen atoms in total. The summed E-state index contributed by atoms with van der Waals surface area (Å²) in [6.07, 6.45) is 10.0. The fraction of sp³-hybridized carbons (Fsp3) is 0.750. The zero-order valence-corrected chi connectivity index (χ0v) is 11.0. The Kier molecular flexibility index (Phi) is 4.21. The number of rotatable bonds is 2. The molecular weight excluding hydrogens is 222 g/mol. The van der Waals surface area contributed by atoms with E-state index in [-0.39, 0.29) is 0 Å². The standard InChI is InChI=1S/C12H19NS2/c1-2-10-8-11(12(14)15-10)13-9-6-4-3-5-7-9/h8-9,12,14H,2-7H2,1H3. The monoisotopic (exact) mass is 241 g/mol. The highest BCUT2D eigenvalue weighted by Crippen LogP contribution is 2.35. The second-order valence-electron chi connectivity index (χ2n) is 4.28. The Morgan fingerprint density at radius 2 is 2.13 bits per heavy atom. The summed E-state index contributed by atoms with van der Waals surface area (Å²) in [5.74, 6) is 0. The topological polar surface area (TPSA) is 12.4 Å². The Hall–Kier alpha value is 0.110. The van der Waals surface area contributed by atoms with Gasteiger partial charge in [0.25, 0.3) is 0 Å². The van der Waals surface area contributed by atoms with E-state index in [1.54, 1.807) is 0 Å². The predicted octanol–water partition coefficient (Wildman–Crippen LogP) is 4.06. The summed E-state index contributed by atoms with van der Waals surface area (Å²) in [4.78, 5) is 6.29. The molecule has 0 saturated heterocycles. The molecule has 0 amide bonds. The van der Waals surface area contributed by atoms with Crippen LogP contribution in [-0.4, -0.2) is 16.3 Å². The van der Waals surface area contributed by atoms with Crippen molar-refractivity contribution in [2.75, 3.05) is 0 Å². The quantitative estimate of drug-likeness (QED) is 0.719. The van der Waals surface area contributed by atoms with Crippen molar-refractivity contribution in [3.63, 3.8) is 0 Å². The Balaban J connectivity index is 2.02. The van der Waals surface area contributed by atoms with Gasteiger partial charge in [-0.25, -0.2) is 0 Å². The Morgan fingerprint density at radius 1 is 1.40 bits per heavy atom. The molecule has 0 aromatic rings. The van der Waals surface area contributed by atoms with E-state index in [4.69, 9.17) is 4.99 Å². The zero-order chi connectivity index (χ0) is 10.7. The van der Waals surface area contributed by atoms with Crippen LogP contribution in [0.4, 0.5) is 0 Å². The molecule has 2 aliphatic rings. The zero-order valence-electron chi connectivity index (χ0n) is 9.28. The average molecular weight is 241 g/mol. The molecule has 1 saturated carbocycles. The molecule has 1 heterocycles. The highest BCUT2D eigenvalue weighted by Gasteiger charge is 2.21. The fourth-order valence-corrected chi connectivity index (χ4v) is 3.62. The lowest BCUT2D eigenvalue weighted by atomic mass is 9.96. The summed E-state index contributed by atoms with van der Waals surface area (Å²) in [6.45, 7) is 2.20. The van der Waals surface area contributed by atoms with E-state index in [2.05, 4.69) is 25.6 Å². The molecule has 1 aliphatic carbocycles. The van der Waals surface area contributed by atoms with E-state index in [9.17, 15) is 0 Å². The van der Waals surface area contributed by atoms with Gasteiger partial charge in [0.1, 0.15) is 0 Å². The van der Waals surface area contributed by atoms with Gasteiger partial charge in [-0.15, -0.1) is 11.8 Å². The third-order valence-corrected chi connectivity index (χ3v) is 4.83. The molecule has 1 unspecified atom stereocenters. The first kappa shape index (κ1) is 11.6. The SMILES string of the molecule is CCC1=CC(=NC2CCCCC2)C(S)S1. The van der Waals surface area contributed by atoms with Crippen LogP contribution in [0.1, 0.15) is 45.4 Å². The van der Waals surface area contributed by atoms with Crippen molar-refractivity contribution in [1.82, 2.24) is 0 Å². The number of nitrogens with zero attached hydrogens (tertiary/aromatic N) is 1. The number of thioether (sulfide) groups is 1. The smallest absolute Gasteiger partial charge is 0.0933 e. The lowest BCUT2D eigenvalue weighted by Gasteiger charge is -2.18.